The van der Waals surface area contributed by atoms with Crippen molar-refractivity contribution < 1.29 is 14.3 Å². The predicted octanol–water partition coefficient (Wildman–Crippen LogP) is 2.80. The maximum Gasteiger partial charge on any atom is 0.257 e. The van der Waals surface area contributed by atoms with Crippen LogP contribution in [0.3, 0.4) is 0 Å². The molecule has 160 valence electrons. The van der Waals surface area contributed by atoms with Gasteiger partial charge in [0.05, 0.1) is 18.6 Å². The summed E-state index contributed by atoms with van der Waals surface area (Å²) in [5, 5.41) is 2.82. The van der Waals surface area contributed by atoms with Crippen LogP contribution in [0.1, 0.15) is 59.3 Å². The van der Waals surface area contributed by atoms with Crippen molar-refractivity contribution in [3.63, 3.8) is 0 Å². The van der Waals surface area contributed by atoms with Gasteiger partial charge in [0.1, 0.15) is 11.6 Å². The molecule has 2 aromatic rings. The van der Waals surface area contributed by atoms with Gasteiger partial charge in [0.25, 0.3) is 5.91 Å². The van der Waals surface area contributed by atoms with Crippen molar-refractivity contribution in [2.24, 2.45) is 0 Å². The minimum Gasteiger partial charge on any atom is -0.493 e. The molecule has 1 aromatic carbocycles. The van der Waals surface area contributed by atoms with Gasteiger partial charge in [-0.05, 0) is 46.2 Å². The van der Waals surface area contributed by atoms with Gasteiger partial charge in [-0.15, -0.1) is 0 Å². The molecular formula is C23H30N4O3. The number of hydrogen-bond donors (Lipinski definition) is 1. The van der Waals surface area contributed by atoms with Gasteiger partial charge in [0.2, 0.25) is 5.91 Å². The van der Waals surface area contributed by atoms with Crippen LogP contribution < -0.4 is 10.1 Å². The average Bonchev–Trinajstić information content (AvgIpc) is 3.21. The Bertz CT molecular complexity index is 905. The molecule has 0 bridgehead atoms. The van der Waals surface area contributed by atoms with E-state index < -0.39 is 0 Å². The van der Waals surface area contributed by atoms with Gasteiger partial charge in [-0.2, -0.15) is 0 Å². The number of aryl methyl sites for hydroxylation is 2. The monoisotopic (exact) mass is 410 g/mol. The molecule has 3 rings (SSSR count). The Labute approximate surface area is 177 Å². The van der Waals surface area contributed by atoms with E-state index in [2.05, 4.69) is 15.3 Å². The fourth-order valence-corrected chi connectivity index (χ4v) is 3.87. The molecule has 0 spiro atoms. The molecule has 0 saturated carbocycles. The van der Waals surface area contributed by atoms with Crippen LogP contribution in [-0.2, 0) is 11.2 Å². The summed E-state index contributed by atoms with van der Waals surface area (Å²) in [6, 6.07) is 7.36. The van der Waals surface area contributed by atoms with Crippen molar-refractivity contribution in [2.45, 2.75) is 46.5 Å². The van der Waals surface area contributed by atoms with Crippen LogP contribution in [0.2, 0.25) is 0 Å². The number of nitrogens with zero attached hydrogens (tertiary/aromatic N) is 3. The van der Waals surface area contributed by atoms with E-state index in [1.54, 1.807) is 0 Å². The number of benzene rings is 1. The minimum absolute atomic E-state index is 0.0225. The van der Waals surface area contributed by atoms with E-state index in [-0.39, 0.29) is 24.2 Å². The van der Waals surface area contributed by atoms with Crippen molar-refractivity contribution >= 4 is 11.8 Å². The zero-order chi connectivity index (χ0) is 21.7. The smallest absolute Gasteiger partial charge is 0.257 e. The lowest BCUT2D eigenvalue weighted by molar-refractivity contribution is -0.120. The van der Waals surface area contributed by atoms with Gasteiger partial charge >= 0.3 is 0 Å². The van der Waals surface area contributed by atoms with Gasteiger partial charge < -0.3 is 15.0 Å². The van der Waals surface area contributed by atoms with E-state index in [9.17, 15) is 9.59 Å². The molecule has 1 aromatic heterocycles. The molecule has 1 aliphatic heterocycles. The molecular weight excluding hydrogens is 380 g/mol. The summed E-state index contributed by atoms with van der Waals surface area (Å²) in [7, 11) is 0. The minimum atomic E-state index is -0.0251. The molecule has 30 heavy (non-hydrogen) atoms. The van der Waals surface area contributed by atoms with E-state index in [1.165, 1.54) is 0 Å². The third-order valence-electron chi connectivity index (χ3n) is 5.41. The highest BCUT2D eigenvalue weighted by Crippen LogP contribution is 2.29. The van der Waals surface area contributed by atoms with E-state index in [0.29, 0.717) is 37.6 Å². The van der Waals surface area contributed by atoms with Crippen LogP contribution in [-0.4, -0.2) is 52.9 Å². The van der Waals surface area contributed by atoms with Crippen molar-refractivity contribution in [3.8, 4) is 5.75 Å². The van der Waals surface area contributed by atoms with Crippen LogP contribution in [0.4, 0.5) is 0 Å². The number of likely N-dealkylation sites (tertiary alicyclic amines) is 1. The maximum absolute atomic E-state index is 13.1. The van der Waals surface area contributed by atoms with E-state index in [1.807, 2.05) is 56.9 Å². The number of carbonyl (C=O) groups is 2. The van der Waals surface area contributed by atoms with Crippen molar-refractivity contribution in [3.05, 3.63) is 52.6 Å². The number of para-hydroxylation sites is 1. The first-order valence-corrected chi connectivity index (χ1v) is 10.6. The largest absolute Gasteiger partial charge is 0.493 e. The number of nitrogens with one attached hydrogen (secondary N) is 1. The number of aromatic nitrogens is 2. The van der Waals surface area contributed by atoms with E-state index >= 15 is 0 Å². The summed E-state index contributed by atoms with van der Waals surface area (Å²) < 4.78 is 5.62. The van der Waals surface area contributed by atoms with Crippen LogP contribution in [0.15, 0.2) is 24.3 Å². The molecule has 1 aliphatic rings. The van der Waals surface area contributed by atoms with Gasteiger partial charge in [0, 0.05) is 42.5 Å². The summed E-state index contributed by atoms with van der Waals surface area (Å²) in [5.41, 5.74) is 3.12. The Balaban J connectivity index is 1.74. The first-order valence-electron chi connectivity index (χ1n) is 10.6. The summed E-state index contributed by atoms with van der Waals surface area (Å²) in [4.78, 5) is 36.2. The average molecular weight is 411 g/mol. The molecule has 2 heterocycles. The lowest BCUT2D eigenvalue weighted by Crippen LogP contribution is -2.29. The molecule has 7 heteroatoms. The first-order chi connectivity index (χ1) is 14.4. The Morgan fingerprint density at radius 2 is 1.87 bits per heavy atom. The number of ether oxygens (including phenoxy) is 1. The lowest BCUT2D eigenvalue weighted by atomic mass is 10.0. The van der Waals surface area contributed by atoms with Gasteiger partial charge in [-0.1, -0.05) is 12.1 Å². The molecule has 7 nitrogen and oxygen atoms in total. The van der Waals surface area contributed by atoms with Crippen LogP contribution >= 0.6 is 0 Å². The lowest BCUT2D eigenvalue weighted by Gasteiger charge is -2.19. The molecule has 0 unspecified atom stereocenters. The standard InChI is InChI=1S/C23H30N4O3/c1-5-24-21(28)13-19-15(3)25-22(26-16(19)4)17-11-12-27(14-17)23(29)18-9-7-8-10-20(18)30-6-2/h7-10,17H,5-6,11-14H2,1-4H3,(H,24,28)/t17-/m0/s1. The molecule has 1 saturated heterocycles. The summed E-state index contributed by atoms with van der Waals surface area (Å²) in [6.07, 6.45) is 1.10. The fourth-order valence-electron chi connectivity index (χ4n) is 3.87. The number of carbonyl (C=O) groups excluding carboxylic acids is 2. The quantitative estimate of drug-likeness (QED) is 0.759. The Kier molecular flexibility index (Phi) is 7.03. The molecule has 0 aliphatic carbocycles. The molecule has 0 radical (unpaired) electrons. The first kappa shape index (κ1) is 21.7. The number of amides is 2. The number of likely N-dealkylation sites (N-methyl/N-ethyl adjacent to an activating group) is 1. The van der Waals surface area contributed by atoms with E-state index in [0.717, 1.165) is 29.2 Å². The summed E-state index contributed by atoms with van der Waals surface area (Å²) in [5.74, 6) is 1.40. The molecule has 2 amide bonds. The Morgan fingerprint density at radius 3 is 2.53 bits per heavy atom. The Morgan fingerprint density at radius 1 is 1.17 bits per heavy atom. The second kappa shape index (κ2) is 9.69. The number of hydrogen-bond acceptors (Lipinski definition) is 5. The van der Waals surface area contributed by atoms with Crippen LogP contribution in [0.25, 0.3) is 0 Å². The van der Waals surface area contributed by atoms with Crippen molar-refractivity contribution in [1.82, 2.24) is 20.2 Å². The van der Waals surface area contributed by atoms with Crippen molar-refractivity contribution in [1.29, 1.82) is 0 Å². The molecule has 1 N–H and O–H groups in total. The zero-order valence-electron chi connectivity index (χ0n) is 18.2. The van der Waals surface area contributed by atoms with Gasteiger partial charge in [-0.3, -0.25) is 9.59 Å². The fraction of sp³-hybridized carbons (Fsp3) is 0.478. The van der Waals surface area contributed by atoms with Gasteiger partial charge in [-0.25, -0.2) is 9.97 Å². The van der Waals surface area contributed by atoms with Crippen LogP contribution in [0.5, 0.6) is 5.75 Å². The van der Waals surface area contributed by atoms with Crippen molar-refractivity contribution in [2.75, 3.05) is 26.2 Å². The molecule has 1 atom stereocenters. The highest BCUT2D eigenvalue weighted by molar-refractivity contribution is 5.97. The SMILES string of the molecule is CCNC(=O)Cc1c(C)nc([C@H]2CCN(C(=O)c3ccccc3OCC)C2)nc1C. The number of rotatable bonds is 7. The van der Waals surface area contributed by atoms with Gasteiger partial charge in [0.15, 0.2) is 0 Å². The second-order valence-corrected chi connectivity index (χ2v) is 7.53. The summed E-state index contributed by atoms with van der Waals surface area (Å²) >= 11 is 0. The maximum atomic E-state index is 13.1. The second-order valence-electron chi connectivity index (χ2n) is 7.53. The zero-order valence-corrected chi connectivity index (χ0v) is 18.2. The van der Waals surface area contributed by atoms with Crippen LogP contribution in [0, 0.1) is 13.8 Å². The predicted molar refractivity (Wildman–Crippen MR) is 115 cm³/mol. The highest BCUT2D eigenvalue weighted by Gasteiger charge is 2.31. The third kappa shape index (κ3) is 4.78. The topological polar surface area (TPSA) is 84.4 Å². The normalized spacial score (nSPS) is 15.9. The molecule has 1 fully saturated rings. The Hall–Kier alpha value is -2.96. The van der Waals surface area contributed by atoms with E-state index in [4.69, 9.17) is 4.74 Å². The summed E-state index contributed by atoms with van der Waals surface area (Å²) in [6.45, 7) is 10.0. The third-order valence-corrected chi connectivity index (χ3v) is 5.41. The highest BCUT2D eigenvalue weighted by atomic mass is 16.5.